The number of ether oxygens (including phenoxy) is 8. The van der Waals surface area contributed by atoms with Gasteiger partial charge in [0.25, 0.3) is 0 Å². The van der Waals surface area contributed by atoms with Gasteiger partial charge in [0.05, 0.1) is 37.2 Å². The maximum Gasteiger partial charge on any atom is 0.513 e. The third kappa shape index (κ3) is 6.81. The van der Waals surface area contributed by atoms with Gasteiger partial charge in [0, 0.05) is 31.6 Å². The molecule has 0 saturated carbocycles. The number of phenols is 2. The molecule has 0 aromatic heterocycles. The van der Waals surface area contributed by atoms with Crippen molar-refractivity contribution in [3.8, 4) is 34.5 Å². The van der Waals surface area contributed by atoms with Gasteiger partial charge in [0.2, 0.25) is 0 Å². The molecule has 0 radical (unpaired) electrons. The molecular formula is C36H36O14. The van der Waals surface area contributed by atoms with Gasteiger partial charge in [-0.2, -0.15) is 0 Å². The zero-order chi connectivity index (χ0) is 35.9. The molecule has 0 fully saturated rings. The molecule has 1 aliphatic rings. The minimum atomic E-state index is -1.13. The van der Waals surface area contributed by atoms with Gasteiger partial charge in [-0.25, -0.2) is 19.2 Å². The first-order valence-corrected chi connectivity index (χ1v) is 16.2. The van der Waals surface area contributed by atoms with Gasteiger partial charge in [-0.05, 0) is 37.8 Å². The molecule has 4 aromatic carbocycles. The van der Waals surface area contributed by atoms with Crippen LogP contribution in [0.4, 0.5) is 19.2 Å². The third-order valence-electron chi connectivity index (χ3n) is 7.37. The summed E-state index contributed by atoms with van der Waals surface area (Å²) in [6.45, 7) is 7.25. The lowest BCUT2D eigenvalue weighted by molar-refractivity contribution is 0.0960. The van der Waals surface area contributed by atoms with Crippen LogP contribution in [0, 0.1) is 20.9 Å². The summed E-state index contributed by atoms with van der Waals surface area (Å²) >= 11 is 0. The molecule has 264 valence electrons. The highest BCUT2D eigenvalue weighted by atomic mass is 16.7. The van der Waals surface area contributed by atoms with Crippen LogP contribution in [0.5, 0.6) is 34.5 Å². The van der Waals surface area contributed by atoms with Crippen molar-refractivity contribution in [3.05, 3.63) is 57.3 Å². The van der Waals surface area contributed by atoms with E-state index in [4.69, 9.17) is 37.9 Å². The second-order valence-corrected chi connectivity index (χ2v) is 11.0. The molecule has 0 unspecified atom stereocenters. The molecule has 0 amide bonds. The summed E-state index contributed by atoms with van der Waals surface area (Å²) < 4.78 is 43.8. The summed E-state index contributed by atoms with van der Waals surface area (Å²) in [6, 6.07) is 8.60. The SMILES string of the molecule is CCCOC(=O)Oc1c2c(c(OC(=O)OCCC)c3c(O)cccc13)=c1c(OC(=O)OCCC)c3c(O)cccc3c(OC(=O)OCCC)c1=2. The first-order valence-electron chi connectivity index (χ1n) is 16.2. The Morgan fingerprint density at radius 3 is 1.04 bits per heavy atom. The van der Waals surface area contributed by atoms with Crippen molar-refractivity contribution in [2.24, 2.45) is 0 Å². The van der Waals surface area contributed by atoms with E-state index in [0.717, 1.165) is 0 Å². The molecule has 0 bridgehead atoms. The van der Waals surface area contributed by atoms with E-state index < -0.39 is 24.6 Å². The summed E-state index contributed by atoms with van der Waals surface area (Å²) in [4.78, 5) is 52.0. The Hall–Kier alpha value is -5.92. The number of carbonyl (C=O) groups is 4. The first-order chi connectivity index (χ1) is 24.2. The molecule has 0 aliphatic heterocycles. The van der Waals surface area contributed by atoms with E-state index >= 15 is 0 Å². The van der Waals surface area contributed by atoms with Gasteiger partial charge in [0.15, 0.2) is 23.0 Å². The molecule has 14 nitrogen and oxygen atoms in total. The number of carbonyl (C=O) groups excluding carboxylic acids is 4. The van der Waals surface area contributed by atoms with Crippen LogP contribution in [-0.2, 0) is 18.9 Å². The molecule has 1 aliphatic carbocycles. The van der Waals surface area contributed by atoms with E-state index in [0.29, 0.717) is 25.7 Å². The number of rotatable bonds is 12. The summed E-state index contributed by atoms with van der Waals surface area (Å²) in [6.07, 6.45) is -2.50. The monoisotopic (exact) mass is 692 g/mol. The Balaban J connectivity index is 2.01. The second-order valence-electron chi connectivity index (χ2n) is 11.0. The molecule has 4 aromatic rings. The van der Waals surface area contributed by atoms with Crippen LogP contribution in [0.1, 0.15) is 53.4 Å². The van der Waals surface area contributed by atoms with E-state index in [9.17, 15) is 29.4 Å². The van der Waals surface area contributed by atoms with Crippen molar-refractivity contribution in [2.45, 2.75) is 53.4 Å². The van der Waals surface area contributed by atoms with E-state index in [1.54, 1.807) is 27.7 Å². The molecule has 0 heterocycles. The van der Waals surface area contributed by atoms with Crippen LogP contribution in [0.2, 0.25) is 0 Å². The molecule has 0 saturated heterocycles. The Bertz CT molecular complexity index is 2020. The standard InChI is InChI=1S/C36H36O14/c1-5-15-43-33(39)47-29-19-11-9-13-21(37)23(19)31(49-35(41)45-17-7-3)27-25(29)26-28(27)32(50-36(42)46-18-8-4)24-20(12-10-14-22(24)38)30(26)48-34(40)44-16-6-2/h9-14,37-38H,5-8,15-18H2,1-4H3. The Labute approximate surface area is 284 Å². The number of hydrogen-bond donors (Lipinski definition) is 2. The minimum absolute atomic E-state index is 0.0139. The van der Waals surface area contributed by atoms with Crippen molar-refractivity contribution in [1.29, 1.82) is 0 Å². The molecule has 5 rings (SSSR count). The van der Waals surface area contributed by atoms with Crippen molar-refractivity contribution in [1.82, 2.24) is 0 Å². The van der Waals surface area contributed by atoms with Crippen LogP contribution >= 0.6 is 0 Å². The van der Waals surface area contributed by atoms with Gasteiger partial charge < -0.3 is 48.1 Å². The van der Waals surface area contributed by atoms with E-state index in [-0.39, 0.29) is 103 Å². The zero-order valence-electron chi connectivity index (χ0n) is 27.9. The molecular weight excluding hydrogens is 656 g/mol. The molecule has 2 N–H and O–H groups in total. The van der Waals surface area contributed by atoms with Crippen LogP contribution in [0.3, 0.4) is 0 Å². The average Bonchev–Trinajstić information content (AvgIpc) is 3.08. The van der Waals surface area contributed by atoms with Crippen LogP contribution in [0.25, 0.3) is 21.5 Å². The van der Waals surface area contributed by atoms with Crippen LogP contribution in [-0.4, -0.2) is 61.3 Å². The highest BCUT2D eigenvalue weighted by Gasteiger charge is 2.32. The van der Waals surface area contributed by atoms with Crippen molar-refractivity contribution < 1.29 is 67.3 Å². The quantitative estimate of drug-likeness (QED) is 0.0728. The largest absolute Gasteiger partial charge is 0.513 e. The fourth-order valence-electron chi connectivity index (χ4n) is 5.41. The Morgan fingerprint density at radius 1 is 0.460 bits per heavy atom. The van der Waals surface area contributed by atoms with E-state index in [2.05, 4.69) is 0 Å². The maximum absolute atomic E-state index is 13.0. The van der Waals surface area contributed by atoms with Crippen molar-refractivity contribution in [2.75, 3.05) is 26.4 Å². The lowest BCUT2D eigenvalue weighted by Crippen LogP contribution is -2.18. The second kappa shape index (κ2) is 15.5. The molecule has 50 heavy (non-hydrogen) atoms. The summed E-state index contributed by atoms with van der Waals surface area (Å²) in [5.41, 5.74) is 0. The summed E-state index contributed by atoms with van der Waals surface area (Å²) in [5, 5.41) is 22.5. The minimum Gasteiger partial charge on any atom is -0.507 e. The fraction of sp³-hybridized carbons (Fsp3) is 0.333. The fourth-order valence-corrected chi connectivity index (χ4v) is 5.41. The average molecular weight is 693 g/mol. The number of fused-ring (bicyclic) bond motifs is 4. The third-order valence-corrected chi connectivity index (χ3v) is 7.37. The van der Waals surface area contributed by atoms with Gasteiger partial charge in [-0.1, -0.05) is 52.0 Å². The number of aromatic hydroxyl groups is 2. The predicted octanol–water partition coefficient (Wildman–Crippen LogP) is 7.99. The lowest BCUT2D eigenvalue weighted by atomic mass is 9.91. The van der Waals surface area contributed by atoms with Gasteiger partial charge >= 0.3 is 24.6 Å². The number of hydrogen-bond acceptors (Lipinski definition) is 14. The van der Waals surface area contributed by atoms with Gasteiger partial charge in [-0.15, -0.1) is 0 Å². The van der Waals surface area contributed by atoms with Crippen molar-refractivity contribution in [3.63, 3.8) is 0 Å². The number of phenolic OH excluding ortho intramolecular Hbond substituents is 2. The molecule has 0 spiro atoms. The lowest BCUT2D eigenvalue weighted by Gasteiger charge is -2.22. The highest BCUT2D eigenvalue weighted by Crippen LogP contribution is 2.50. The summed E-state index contributed by atoms with van der Waals surface area (Å²) in [5.74, 6) is -1.62. The molecule has 14 heteroatoms. The van der Waals surface area contributed by atoms with Gasteiger partial charge in [-0.3, -0.25) is 0 Å². The zero-order valence-corrected chi connectivity index (χ0v) is 27.9. The normalized spacial score (nSPS) is 11.1. The van der Waals surface area contributed by atoms with Gasteiger partial charge in [0.1, 0.15) is 11.5 Å². The molecule has 0 atom stereocenters. The smallest absolute Gasteiger partial charge is 0.507 e. The van der Waals surface area contributed by atoms with Crippen LogP contribution < -0.4 is 18.9 Å². The van der Waals surface area contributed by atoms with Crippen LogP contribution in [0.15, 0.2) is 36.4 Å². The first kappa shape index (κ1) is 35.4. The Kier molecular flexibility index (Phi) is 11.0. The van der Waals surface area contributed by atoms with E-state index in [1.807, 2.05) is 0 Å². The highest BCUT2D eigenvalue weighted by molar-refractivity contribution is 6.03. The topological polar surface area (TPSA) is 183 Å². The van der Waals surface area contributed by atoms with E-state index in [1.165, 1.54) is 36.4 Å². The maximum atomic E-state index is 13.0. The predicted molar refractivity (Wildman–Crippen MR) is 176 cm³/mol. The number of benzene rings is 4. The summed E-state index contributed by atoms with van der Waals surface area (Å²) in [7, 11) is 0. The Morgan fingerprint density at radius 2 is 0.740 bits per heavy atom. The van der Waals surface area contributed by atoms with Crippen molar-refractivity contribution >= 4 is 46.2 Å².